The molecule has 2 heteroatoms. The summed E-state index contributed by atoms with van der Waals surface area (Å²) in [5.74, 6) is 3.34. The van der Waals surface area contributed by atoms with Gasteiger partial charge in [-0.2, -0.15) is 0 Å². The zero-order valence-corrected chi connectivity index (χ0v) is 9.66. The van der Waals surface area contributed by atoms with Crippen molar-refractivity contribution in [2.75, 3.05) is 7.11 Å². The molecule has 2 atom stereocenters. The first-order chi connectivity index (χ1) is 7.14. The van der Waals surface area contributed by atoms with Gasteiger partial charge in [0.2, 0.25) is 0 Å². The van der Waals surface area contributed by atoms with Crippen molar-refractivity contribution in [1.82, 2.24) is 0 Å². The minimum absolute atomic E-state index is 0.0717. The lowest BCUT2D eigenvalue weighted by molar-refractivity contribution is -0.173. The van der Waals surface area contributed by atoms with E-state index < -0.39 is 0 Å². The van der Waals surface area contributed by atoms with E-state index in [4.69, 9.17) is 4.74 Å². The van der Waals surface area contributed by atoms with E-state index in [1.54, 1.807) is 7.11 Å². The smallest absolute Gasteiger partial charge is 0.311 e. The summed E-state index contributed by atoms with van der Waals surface area (Å²) in [6.45, 7) is 2.39. The summed E-state index contributed by atoms with van der Waals surface area (Å²) in [6.07, 6.45) is 6.06. The van der Waals surface area contributed by atoms with Crippen LogP contribution in [0.5, 0.6) is 0 Å². The van der Waals surface area contributed by atoms with Crippen LogP contribution in [0.1, 0.15) is 39.0 Å². The Labute approximate surface area is 91.4 Å². The molecule has 0 saturated heterocycles. The van der Waals surface area contributed by atoms with Crippen molar-refractivity contribution in [3.63, 3.8) is 0 Å². The molecule has 4 bridgehead atoms. The summed E-state index contributed by atoms with van der Waals surface area (Å²) in [6, 6.07) is 0. The lowest BCUT2D eigenvalue weighted by Gasteiger charge is -2.58. The Balaban J connectivity index is 1.92. The van der Waals surface area contributed by atoms with Crippen LogP contribution in [0.2, 0.25) is 0 Å². The Hall–Kier alpha value is -0.530. The first-order valence-electron chi connectivity index (χ1n) is 6.23. The highest BCUT2D eigenvalue weighted by molar-refractivity contribution is 5.77. The van der Waals surface area contributed by atoms with Gasteiger partial charge in [0.05, 0.1) is 12.5 Å². The highest BCUT2D eigenvalue weighted by atomic mass is 16.5. The lowest BCUT2D eigenvalue weighted by atomic mass is 9.46. The van der Waals surface area contributed by atoms with E-state index in [-0.39, 0.29) is 11.4 Å². The summed E-state index contributed by atoms with van der Waals surface area (Å²) < 4.78 is 5.03. The van der Waals surface area contributed by atoms with Crippen LogP contribution in [0.4, 0.5) is 0 Å². The molecule has 0 spiro atoms. The van der Waals surface area contributed by atoms with Crippen molar-refractivity contribution < 1.29 is 9.53 Å². The molecule has 0 aromatic rings. The number of carbonyl (C=O) groups excluding carboxylic acids is 1. The van der Waals surface area contributed by atoms with E-state index in [1.165, 1.54) is 12.8 Å². The van der Waals surface area contributed by atoms with E-state index >= 15 is 0 Å². The first-order valence-corrected chi connectivity index (χ1v) is 6.23. The van der Waals surface area contributed by atoms with Crippen LogP contribution in [-0.2, 0) is 9.53 Å². The second-order valence-corrected chi connectivity index (χ2v) is 6.10. The summed E-state index contributed by atoms with van der Waals surface area (Å²) >= 11 is 0. The Kier molecular flexibility index (Phi) is 1.93. The fourth-order valence-corrected chi connectivity index (χ4v) is 4.74. The molecule has 0 heterocycles. The van der Waals surface area contributed by atoms with Crippen LogP contribution >= 0.6 is 0 Å². The number of hydrogen-bond donors (Lipinski definition) is 0. The molecule has 4 fully saturated rings. The molecular weight excluding hydrogens is 188 g/mol. The number of hydrogen-bond acceptors (Lipinski definition) is 2. The normalized spacial score (nSPS) is 51.9. The molecule has 84 valence electrons. The molecule has 0 amide bonds. The molecule has 0 radical (unpaired) electrons. The molecule has 4 aliphatic carbocycles. The quantitative estimate of drug-likeness (QED) is 0.619. The van der Waals surface area contributed by atoms with Gasteiger partial charge in [0, 0.05) is 0 Å². The van der Waals surface area contributed by atoms with Crippen molar-refractivity contribution in [3.8, 4) is 0 Å². The van der Waals surface area contributed by atoms with Gasteiger partial charge in [-0.05, 0) is 55.8 Å². The molecule has 4 aliphatic rings. The molecule has 0 aromatic heterocycles. The zero-order valence-electron chi connectivity index (χ0n) is 9.66. The fraction of sp³-hybridized carbons (Fsp3) is 0.923. The number of ether oxygens (including phenoxy) is 1. The maximum atomic E-state index is 11.9. The van der Waals surface area contributed by atoms with Crippen LogP contribution in [0, 0.1) is 29.1 Å². The molecule has 15 heavy (non-hydrogen) atoms. The predicted molar refractivity (Wildman–Crippen MR) is 57.2 cm³/mol. The van der Waals surface area contributed by atoms with Crippen LogP contribution < -0.4 is 0 Å². The summed E-state index contributed by atoms with van der Waals surface area (Å²) in [7, 11) is 1.55. The molecule has 0 aliphatic heterocycles. The van der Waals surface area contributed by atoms with Crippen molar-refractivity contribution in [1.29, 1.82) is 0 Å². The number of esters is 1. The fourth-order valence-electron chi connectivity index (χ4n) is 4.74. The Morgan fingerprint density at radius 1 is 1.20 bits per heavy atom. The average Bonchev–Trinajstić information content (AvgIpc) is 2.23. The number of methoxy groups -OCH3 is 1. The van der Waals surface area contributed by atoms with Gasteiger partial charge in [-0.25, -0.2) is 0 Å². The third-order valence-corrected chi connectivity index (χ3v) is 5.36. The van der Waals surface area contributed by atoms with Crippen molar-refractivity contribution in [3.05, 3.63) is 0 Å². The van der Waals surface area contributed by atoms with Crippen LogP contribution in [0.25, 0.3) is 0 Å². The standard InChI is InChI=1S/C13H20O2/c1-8-10-3-9-4-11(8)7-13(5-9,6-10)12(14)15-2/h8-11H,3-7H2,1-2H3. The first kappa shape index (κ1) is 9.68. The van der Waals surface area contributed by atoms with Crippen molar-refractivity contribution in [2.45, 2.75) is 39.0 Å². The molecule has 2 unspecified atom stereocenters. The maximum Gasteiger partial charge on any atom is 0.311 e. The predicted octanol–water partition coefficient (Wildman–Crippen LogP) is 2.62. The summed E-state index contributed by atoms with van der Waals surface area (Å²) in [5.41, 5.74) is -0.0717. The molecule has 2 nitrogen and oxygen atoms in total. The topological polar surface area (TPSA) is 26.3 Å². The molecular formula is C13H20O2. The third kappa shape index (κ3) is 1.20. The van der Waals surface area contributed by atoms with Gasteiger partial charge < -0.3 is 4.74 Å². The molecule has 4 rings (SSSR count). The van der Waals surface area contributed by atoms with Gasteiger partial charge in [0.1, 0.15) is 0 Å². The Morgan fingerprint density at radius 3 is 2.33 bits per heavy atom. The van der Waals surface area contributed by atoms with Crippen molar-refractivity contribution in [2.24, 2.45) is 29.1 Å². The van der Waals surface area contributed by atoms with E-state index in [2.05, 4.69) is 6.92 Å². The average molecular weight is 208 g/mol. The minimum Gasteiger partial charge on any atom is -0.469 e. The molecule has 0 N–H and O–H groups in total. The number of carbonyl (C=O) groups is 1. The number of rotatable bonds is 1. The Morgan fingerprint density at radius 2 is 1.80 bits per heavy atom. The van der Waals surface area contributed by atoms with Gasteiger partial charge in [-0.3, -0.25) is 4.79 Å². The van der Waals surface area contributed by atoms with Crippen LogP contribution in [0.15, 0.2) is 0 Å². The van der Waals surface area contributed by atoms with E-state index in [1.807, 2.05) is 0 Å². The SMILES string of the molecule is COC(=O)C12CC3CC(C1)C(C)C(C3)C2. The van der Waals surface area contributed by atoms with Crippen LogP contribution in [-0.4, -0.2) is 13.1 Å². The van der Waals surface area contributed by atoms with Gasteiger partial charge in [0.25, 0.3) is 0 Å². The Bertz CT molecular complexity index is 281. The monoisotopic (exact) mass is 208 g/mol. The van der Waals surface area contributed by atoms with Gasteiger partial charge in [0.15, 0.2) is 0 Å². The molecule has 0 aromatic carbocycles. The van der Waals surface area contributed by atoms with Gasteiger partial charge in [-0.15, -0.1) is 0 Å². The highest BCUT2D eigenvalue weighted by Gasteiger charge is 2.57. The zero-order chi connectivity index (χ0) is 10.6. The second kappa shape index (κ2) is 2.99. The van der Waals surface area contributed by atoms with E-state index in [9.17, 15) is 4.79 Å². The van der Waals surface area contributed by atoms with E-state index in [0.29, 0.717) is 0 Å². The summed E-state index contributed by atoms with van der Waals surface area (Å²) in [4.78, 5) is 11.9. The van der Waals surface area contributed by atoms with Crippen molar-refractivity contribution >= 4 is 5.97 Å². The molecule has 4 saturated carbocycles. The highest BCUT2D eigenvalue weighted by Crippen LogP contribution is 2.62. The largest absolute Gasteiger partial charge is 0.469 e. The maximum absolute atomic E-state index is 11.9. The van der Waals surface area contributed by atoms with Gasteiger partial charge >= 0.3 is 5.97 Å². The van der Waals surface area contributed by atoms with Gasteiger partial charge in [-0.1, -0.05) is 6.92 Å². The van der Waals surface area contributed by atoms with E-state index in [0.717, 1.165) is 42.9 Å². The van der Waals surface area contributed by atoms with Crippen LogP contribution in [0.3, 0.4) is 0 Å². The second-order valence-electron chi connectivity index (χ2n) is 6.10. The summed E-state index contributed by atoms with van der Waals surface area (Å²) in [5, 5.41) is 0. The third-order valence-electron chi connectivity index (χ3n) is 5.36. The lowest BCUT2D eigenvalue weighted by Crippen LogP contribution is -2.53. The minimum atomic E-state index is -0.0717.